The molecule has 3 heteroatoms. The standard InChI is InChI=1S/C27H26ClFO/c1-2-3-18-30-20-24-12-10-22(11-13-24)5-4-21-6-8-23(9-7-21)14-15-25-16-17-26(28)19-27(25)29/h6-13,16-17,19H,2-5,18,20H2,1H3. The summed E-state index contributed by atoms with van der Waals surface area (Å²) in [6.45, 7) is 3.68. The highest BCUT2D eigenvalue weighted by Gasteiger charge is 2.00. The molecule has 3 aromatic rings. The molecule has 3 rings (SSSR count). The van der Waals surface area contributed by atoms with Crippen LogP contribution in [-0.2, 0) is 24.2 Å². The van der Waals surface area contributed by atoms with Crippen LogP contribution < -0.4 is 0 Å². The lowest BCUT2D eigenvalue weighted by atomic mass is 10.0. The number of halogens is 2. The minimum absolute atomic E-state index is 0.350. The Labute approximate surface area is 183 Å². The van der Waals surface area contributed by atoms with Crippen LogP contribution in [0.5, 0.6) is 0 Å². The normalized spacial score (nSPS) is 10.5. The lowest BCUT2D eigenvalue weighted by Crippen LogP contribution is -1.96. The number of rotatable bonds is 8. The van der Waals surface area contributed by atoms with Gasteiger partial charge in [0.15, 0.2) is 0 Å². The molecule has 154 valence electrons. The molecule has 1 nitrogen and oxygen atoms in total. The van der Waals surface area contributed by atoms with Gasteiger partial charge in [-0.15, -0.1) is 0 Å². The average Bonchev–Trinajstić information content (AvgIpc) is 2.76. The third-order valence-electron chi connectivity index (χ3n) is 4.86. The SMILES string of the molecule is CCCCOCc1ccc(CCc2ccc(C#Cc3ccc(Cl)cc3F)cc2)cc1. The quantitative estimate of drug-likeness (QED) is 0.282. The molecule has 0 aromatic heterocycles. The van der Waals surface area contributed by atoms with E-state index in [4.69, 9.17) is 16.3 Å². The summed E-state index contributed by atoms with van der Waals surface area (Å²) < 4.78 is 19.5. The van der Waals surface area contributed by atoms with Crippen molar-refractivity contribution in [1.82, 2.24) is 0 Å². The zero-order valence-electron chi connectivity index (χ0n) is 17.3. The number of ether oxygens (including phenoxy) is 1. The van der Waals surface area contributed by atoms with E-state index in [1.54, 1.807) is 12.1 Å². The number of unbranched alkanes of at least 4 members (excludes halogenated alkanes) is 1. The Bertz CT molecular complexity index is 998. The summed E-state index contributed by atoms with van der Waals surface area (Å²) in [4.78, 5) is 0. The first kappa shape index (κ1) is 22.1. The monoisotopic (exact) mass is 420 g/mol. The van der Waals surface area contributed by atoms with E-state index in [2.05, 4.69) is 55.2 Å². The molecular weight excluding hydrogens is 395 g/mol. The van der Waals surface area contributed by atoms with E-state index in [0.717, 1.165) is 37.9 Å². The first-order valence-electron chi connectivity index (χ1n) is 10.4. The molecule has 3 aromatic carbocycles. The Kier molecular flexibility index (Phi) is 8.51. The van der Waals surface area contributed by atoms with Crippen molar-refractivity contribution in [3.05, 3.63) is 105 Å². The molecule has 0 spiro atoms. The first-order chi connectivity index (χ1) is 14.6. The fraction of sp³-hybridized carbons (Fsp3) is 0.259. The summed E-state index contributed by atoms with van der Waals surface area (Å²) in [5.41, 5.74) is 5.00. The van der Waals surface area contributed by atoms with E-state index in [-0.39, 0.29) is 0 Å². The van der Waals surface area contributed by atoms with Gasteiger partial charge in [0, 0.05) is 17.2 Å². The van der Waals surface area contributed by atoms with E-state index in [9.17, 15) is 4.39 Å². The second-order valence-electron chi connectivity index (χ2n) is 7.29. The molecule has 0 unspecified atom stereocenters. The molecule has 0 amide bonds. The highest BCUT2D eigenvalue weighted by atomic mass is 35.5. The summed E-state index contributed by atoms with van der Waals surface area (Å²) in [5, 5.41) is 0.373. The Morgan fingerprint density at radius 1 is 0.833 bits per heavy atom. The van der Waals surface area contributed by atoms with Crippen molar-refractivity contribution in [2.24, 2.45) is 0 Å². The van der Waals surface area contributed by atoms with E-state index in [1.165, 1.54) is 22.8 Å². The first-order valence-corrected chi connectivity index (χ1v) is 10.7. The average molecular weight is 421 g/mol. The Morgan fingerprint density at radius 3 is 2.10 bits per heavy atom. The molecule has 0 fully saturated rings. The molecule has 0 radical (unpaired) electrons. The Morgan fingerprint density at radius 2 is 1.47 bits per heavy atom. The van der Waals surface area contributed by atoms with E-state index in [0.29, 0.717) is 17.2 Å². The molecule has 0 heterocycles. The predicted octanol–water partition coefficient (Wildman–Crippen LogP) is 6.98. The third kappa shape index (κ3) is 7.02. The van der Waals surface area contributed by atoms with Gasteiger partial charge in [-0.05, 0) is 66.3 Å². The van der Waals surface area contributed by atoms with Gasteiger partial charge >= 0.3 is 0 Å². The van der Waals surface area contributed by atoms with Gasteiger partial charge in [0.25, 0.3) is 0 Å². The summed E-state index contributed by atoms with van der Waals surface area (Å²) in [6, 6.07) is 21.3. The Balaban J connectivity index is 1.51. The van der Waals surface area contributed by atoms with Gasteiger partial charge in [0.1, 0.15) is 5.82 Å². The van der Waals surface area contributed by atoms with Crippen LogP contribution in [0.2, 0.25) is 5.02 Å². The zero-order valence-corrected chi connectivity index (χ0v) is 18.0. The zero-order chi connectivity index (χ0) is 21.2. The number of hydrogen-bond acceptors (Lipinski definition) is 1. The van der Waals surface area contributed by atoms with Crippen molar-refractivity contribution >= 4 is 11.6 Å². The largest absolute Gasteiger partial charge is 0.377 e. The van der Waals surface area contributed by atoms with Gasteiger partial charge < -0.3 is 4.74 Å². The highest BCUT2D eigenvalue weighted by Crippen LogP contribution is 2.14. The lowest BCUT2D eigenvalue weighted by Gasteiger charge is -2.06. The smallest absolute Gasteiger partial charge is 0.140 e. The van der Waals surface area contributed by atoms with Crippen molar-refractivity contribution in [2.75, 3.05) is 6.61 Å². The van der Waals surface area contributed by atoms with Crippen LogP contribution in [0.1, 0.15) is 47.6 Å². The molecule has 0 saturated heterocycles. The summed E-state index contributed by atoms with van der Waals surface area (Å²) in [7, 11) is 0. The molecule has 30 heavy (non-hydrogen) atoms. The van der Waals surface area contributed by atoms with Gasteiger partial charge in [-0.2, -0.15) is 0 Å². The van der Waals surface area contributed by atoms with Crippen molar-refractivity contribution < 1.29 is 9.13 Å². The fourth-order valence-electron chi connectivity index (χ4n) is 3.01. The number of benzene rings is 3. The van der Waals surface area contributed by atoms with Gasteiger partial charge in [-0.25, -0.2) is 4.39 Å². The van der Waals surface area contributed by atoms with E-state index in [1.807, 2.05) is 12.1 Å². The summed E-state index contributed by atoms with van der Waals surface area (Å²) in [6.07, 6.45) is 4.22. The van der Waals surface area contributed by atoms with Crippen LogP contribution in [0, 0.1) is 17.7 Å². The summed E-state index contributed by atoms with van der Waals surface area (Å²) in [5.74, 6) is 5.48. The van der Waals surface area contributed by atoms with E-state index >= 15 is 0 Å². The minimum Gasteiger partial charge on any atom is -0.377 e. The predicted molar refractivity (Wildman–Crippen MR) is 122 cm³/mol. The second-order valence-corrected chi connectivity index (χ2v) is 7.73. The van der Waals surface area contributed by atoms with Crippen molar-refractivity contribution in [1.29, 1.82) is 0 Å². The topological polar surface area (TPSA) is 9.23 Å². The second kappa shape index (κ2) is 11.6. The molecule has 0 aliphatic heterocycles. The Hall–Kier alpha value is -2.60. The maximum absolute atomic E-state index is 13.8. The fourth-order valence-corrected chi connectivity index (χ4v) is 3.17. The molecule has 0 aliphatic carbocycles. The lowest BCUT2D eigenvalue weighted by molar-refractivity contribution is 0.118. The van der Waals surface area contributed by atoms with Gasteiger partial charge in [-0.1, -0.05) is 73.2 Å². The minimum atomic E-state index is -0.398. The van der Waals surface area contributed by atoms with Crippen LogP contribution in [0.25, 0.3) is 0 Å². The summed E-state index contributed by atoms with van der Waals surface area (Å²) >= 11 is 5.77. The van der Waals surface area contributed by atoms with Crippen molar-refractivity contribution in [3.63, 3.8) is 0 Å². The maximum Gasteiger partial charge on any atom is 0.140 e. The van der Waals surface area contributed by atoms with Gasteiger partial charge in [0.05, 0.1) is 12.2 Å². The van der Waals surface area contributed by atoms with E-state index < -0.39 is 5.82 Å². The van der Waals surface area contributed by atoms with Gasteiger partial charge in [0.2, 0.25) is 0 Å². The number of aryl methyl sites for hydroxylation is 2. The van der Waals surface area contributed by atoms with Crippen LogP contribution in [0.4, 0.5) is 4.39 Å². The highest BCUT2D eigenvalue weighted by molar-refractivity contribution is 6.30. The van der Waals surface area contributed by atoms with Gasteiger partial charge in [-0.3, -0.25) is 0 Å². The molecule has 0 atom stereocenters. The van der Waals surface area contributed by atoms with Crippen molar-refractivity contribution in [3.8, 4) is 11.8 Å². The third-order valence-corrected chi connectivity index (χ3v) is 5.10. The van der Waals surface area contributed by atoms with Crippen molar-refractivity contribution in [2.45, 2.75) is 39.2 Å². The molecule has 0 saturated carbocycles. The molecule has 0 bridgehead atoms. The molecule has 0 aliphatic rings. The number of hydrogen-bond donors (Lipinski definition) is 0. The molecular formula is C27H26ClFO. The van der Waals surface area contributed by atoms with Crippen LogP contribution in [0.3, 0.4) is 0 Å². The van der Waals surface area contributed by atoms with Crippen LogP contribution in [0.15, 0.2) is 66.7 Å². The van der Waals surface area contributed by atoms with Crippen LogP contribution >= 0.6 is 11.6 Å². The maximum atomic E-state index is 13.8. The molecule has 0 N–H and O–H groups in total. The van der Waals surface area contributed by atoms with Crippen LogP contribution in [-0.4, -0.2) is 6.61 Å².